The first-order chi connectivity index (χ1) is 8.24. The van der Waals surface area contributed by atoms with E-state index >= 15 is 0 Å². The highest BCUT2D eigenvalue weighted by Gasteiger charge is 2.21. The third-order valence-corrected chi connectivity index (χ3v) is 2.88. The monoisotopic (exact) mass is 237 g/mol. The molecule has 0 saturated carbocycles. The first kappa shape index (κ1) is 12.4. The van der Waals surface area contributed by atoms with Crippen molar-refractivity contribution in [2.24, 2.45) is 5.73 Å². The summed E-state index contributed by atoms with van der Waals surface area (Å²) in [6.07, 6.45) is 0.620. The van der Waals surface area contributed by atoms with Crippen molar-refractivity contribution in [1.82, 2.24) is 0 Å². The molecule has 0 atom stereocenters. The number of methoxy groups -OCH3 is 1. The van der Waals surface area contributed by atoms with Gasteiger partial charge in [0.1, 0.15) is 5.75 Å². The summed E-state index contributed by atoms with van der Waals surface area (Å²) in [7, 11) is 1.68. The van der Waals surface area contributed by atoms with E-state index in [2.05, 4.69) is 13.0 Å². The Morgan fingerprint density at radius 2 is 2.06 bits per heavy atom. The van der Waals surface area contributed by atoms with Crippen molar-refractivity contribution in [3.05, 3.63) is 29.3 Å². The van der Waals surface area contributed by atoms with E-state index in [1.54, 1.807) is 7.11 Å². The second-order valence-corrected chi connectivity index (χ2v) is 4.18. The summed E-state index contributed by atoms with van der Waals surface area (Å²) >= 11 is 0. The van der Waals surface area contributed by atoms with E-state index in [1.807, 2.05) is 12.1 Å². The third-order valence-electron chi connectivity index (χ3n) is 2.88. The van der Waals surface area contributed by atoms with Gasteiger partial charge in [0.25, 0.3) is 0 Å². The minimum atomic E-state index is -0.300. The second-order valence-electron chi connectivity index (χ2n) is 4.18. The first-order valence-corrected chi connectivity index (χ1v) is 5.90. The maximum absolute atomic E-state index is 5.71. The summed E-state index contributed by atoms with van der Waals surface area (Å²) in [5.41, 5.74) is 7.89. The SMILES string of the molecule is CCc1cc(C2OCC(N)CO2)ccc1OC. The lowest BCUT2D eigenvalue weighted by Gasteiger charge is -2.27. The summed E-state index contributed by atoms with van der Waals surface area (Å²) in [6.45, 7) is 3.18. The Bertz CT molecular complexity index is 373. The summed E-state index contributed by atoms with van der Waals surface area (Å²) in [6, 6.07) is 5.98. The molecule has 0 unspecified atom stereocenters. The molecule has 0 spiro atoms. The van der Waals surface area contributed by atoms with Crippen LogP contribution >= 0.6 is 0 Å². The van der Waals surface area contributed by atoms with Crippen molar-refractivity contribution < 1.29 is 14.2 Å². The van der Waals surface area contributed by atoms with Crippen LogP contribution in [0.5, 0.6) is 5.75 Å². The van der Waals surface area contributed by atoms with Crippen LogP contribution in [-0.2, 0) is 15.9 Å². The molecular weight excluding hydrogens is 218 g/mol. The van der Waals surface area contributed by atoms with E-state index in [1.165, 1.54) is 0 Å². The quantitative estimate of drug-likeness (QED) is 0.868. The molecule has 94 valence electrons. The maximum atomic E-state index is 5.71. The van der Waals surface area contributed by atoms with Crippen LogP contribution in [0.2, 0.25) is 0 Å². The van der Waals surface area contributed by atoms with E-state index in [9.17, 15) is 0 Å². The van der Waals surface area contributed by atoms with Gasteiger partial charge in [0, 0.05) is 5.56 Å². The van der Waals surface area contributed by atoms with E-state index < -0.39 is 0 Å². The average Bonchev–Trinajstić information content (AvgIpc) is 2.39. The standard InChI is InChI=1S/C13H19NO3/c1-3-9-6-10(4-5-12(9)15-2)13-16-7-11(14)8-17-13/h4-6,11,13H,3,7-8,14H2,1-2H3. The van der Waals surface area contributed by atoms with E-state index in [0.29, 0.717) is 13.2 Å². The minimum absolute atomic E-state index is 0.0184. The number of hydrogen-bond donors (Lipinski definition) is 1. The number of nitrogens with two attached hydrogens (primary N) is 1. The molecule has 1 fully saturated rings. The van der Waals surface area contributed by atoms with E-state index in [0.717, 1.165) is 23.3 Å². The van der Waals surface area contributed by atoms with Gasteiger partial charge in [-0.25, -0.2) is 0 Å². The number of ether oxygens (including phenoxy) is 3. The van der Waals surface area contributed by atoms with Crippen LogP contribution in [-0.4, -0.2) is 26.4 Å². The summed E-state index contributed by atoms with van der Waals surface area (Å²) < 4.78 is 16.4. The van der Waals surface area contributed by atoms with Gasteiger partial charge < -0.3 is 19.9 Å². The van der Waals surface area contributed by atoms with Gasteiger partial charge >= 0.3 is 0 Å². The molecule has 1 saturated heterocycles. The number of rotatable bonds is 3. The Morgan fingerprint density at radius 1 is 1.35 bits per heavy atom. The van der Waals surface area contributed by atoms with Crippen LogP contribution in [0.1, 0.15) is 24.3 Å². The van der Waals surface area contributed by atoms with Crippen LogP contribution in [0.3, 0.4) is 0 Å². The highest BCUT2D eigenvalue weighted by molar-refractivity contribution is 5.37. The van der Waals surface area contributed by atoms with Crippen LogP contribution in [0, 0.1) is 0 Å². The molecule has 2 N–H and O–H groups in total. The lowest BCUT2D eigenvalue weighted by atomic mass is 10.1. The molecule has 1 aliphatic heterocycles. The molecule has 1 aliphatic rings. The third kappa shape index (κ3) is 2.77. The predicted octanol–water partition coefficient (Wildman–Crippen LogP) is 1.63. The Morgan fingerprint density at radius 3 is 2.65 bits per heavy atom. The van der Waals surface area contributed by atoms with Gasteiger partial charge in [0.15, 0.2) is 6.29 Å². The molecule has 4 heteroatoms. The van der Waals surface area contributed by atoms with Crippen molar-refractivity contribution in [3.63, 3.8) is 0 Å². The molecule has 2 rings (SSSR count). The van der Waals surface area contributed by atoms with E-state index in [4.69, 9.17) is 19.9 Å². The molecule has 1 aromatic rings. The highest BCUT2D eigenvalue weighted by atomic mass is 16.7. The minimum Gasteiger partial charge on any atom is -0.496 e. The zero-order valence-electron chi connectivity index (χ0n) is 10.3. The number of benzene rings is 1. The summed E-state index contributed by atoms with van der Waals surface area (Å²) in [5, 5.41) is 0. The maximum Gasteiger partial charge on any atom is 0.183 e. The predicted molar refractivity (Wildman–Crippen MR) is 65.0 cm³/mol. The molecule has 17 heavy (non-hydrogen) atoms. The van der Waals surface area contributed by atoms with Crippen LogP contribution in [0.15, 0.2) is 18.2 Å². The fourth-order valence-corrected chi connectivity index (χ4v) is 1.93. The van der Waals surface area contributed by atoms with Crippen molar-refractivity contribution in [3.8, 4) is 5.75 Å². The van der Waals surface area contributed by atoms with Gasteiger partial charge in [-0.3, -0.25) is 0 Å². The van der Waals surface area contributed by atoms with Gasteiger partial charge in [0.2, 0.25) is 0 Å². The topological polar surface area (TPSA) is 53.7 Å². The Balaban J connectivity index is 2.16. The van der Waals surface area contributed by atoms with Gasteiger partial charge in [0.05, 0.1) is 26.4 Å². The number of hydrogen-bond acceptors (Lipinski definition) is 4. The molecule has 0 amide bonds. The molecule has 1 aromatic carbocycles. The largest absolute Gasteiger partial charge is 0.496 e. The molecule has 0 aliphatic carbocycles. The molecule has 0 bridgehead atoms. The lowest BCUT2D eigenvalue weighted by molar-refractivity contribution is -0.189. The lowest BCUT2D eigenvalue weighted by Crippen LogP contribution is -2.37. The molecule has 4 nitrogen and oxygen atoms in total. The van der Waals surface area contributed by atoms with Crippen molar-refractivity contribution in [2.75, 3.05) is 20.3 Å². The Hall–Kier alpha value is -1.10. The Kier molecular flexibility index (Phi) is 3.99. The zero-order chi connectivity index (χ0) is 12.3. The van der Waals surface area contributed by atoms with Crippen molar-refractivity contribution >= 4 is 0 Å². The molecule has 0 radical (unpaired) electrons. The fraction of sp³-hybridized carbons (Fsp3) is 0.538. The van der Waals surface area contributed by atoms with Crippen LogP contribution in [0.4, 0.5) is 0 Å². The van der Waals surface area contributed by atoms with Gasteiger partial charge in [-0.05, 0) is 24.1 Å². The molecule has 0 aromatic heterocycles. The highest BCUT2D eigenvalue weighted by Crippen LogP contribution is 2.27. The smallest absolute Gasteiger partial charge is 0.183 e. The molecular formula is C13H19NO3. The molecule has 1 heterocycles. The zero-order valence-corrected chi connectivity index (χ0v) is 10.3. The first-order valence-electron chi connectivity index (χ1n) is 5.90. The normalized spacial score (nSPS) is 24.6. The van der Waals surface area contributed by atoms with Crippen LogP contribution in [0.25, 0.3) is 0 Å². The average molecular weight is 237 g/mol. The Labute approximate surface area is 102 Å². The van der Waals surface area contributed by atoms with Crippen molar-refractivity contribution in [2.45, 2.75) is 25.7 Å². The fourth-order valence-electron chi connectivity index (χ4n) is 1.93. The van der Waals surface area contributed by atoms with E-state index in [-0.39, 0.29) is 12.3 Å². The van der Waals surface area contributed by atoms with Gasteiger partial charge in [-0.2, -0.15) is 0 Å². The van der Waals surface area contributed by atoms with Gasteiger partial charge in [-0.15, -0.1) is 0 Å². The van der Waals surface area contributed by atoms with Crippen LogP contribution < -0.4 is 10.5 Å². The van der Waals surface area contributed by atoms with Crippen molar-refractivity contribution in [1.29, 1.82) is 0 Å². The second kappa shape index (κ2) is 5.49. The summed E-state index contributed by atoms with van der Waals surface area (Å²) in [5.74, 6) is 0.906. The summed E-state index contributed by atoms with van der Waals surface area (Å²) in [4.78, 5) is 0. The number of aryl methyl sites for hydroxylation is 1. The van der Waals surface area contributed by atoms with Gasteiger partial charge in [-0.1, -0.05) is 13.0 Å².